The molecule has 11 aromatic carbocycles. The summed E-state index contributed by atoms with van der Waals surface area (Å²) >= 11 is 3.72. The van der Waals surface area contributed by atoms with Crippen LogP contribution >= 0.6 is 22.7 Å². The van der Waals surface area contributed by atoms with Crippen LogP contribution in [0, 0.1) is 0 Å². The van der Waals surface area contributed by atoms with Gasteiger partial charge in [-0.15, -0.1) is 22.7 Å². The van der Waals surface area contributed by atoms with Gasteiger partial charge in [0.1, 0.15) is 11.6 Å². The number of rotatable bonds is 10. The summed E-state index contributed by atoms with van der Waals surface area (Å²) in [4.78, 5) is 11.5. The minimum Gasteiger partial charge on any atom is -0.292 e. The highest BCUT2D eigenvalue weighted by molar-refractivity contribution is 7.26. The quantitative estimate of drug-likeness (QED) is 0.137. The van der Waals surface area contributed by atoms with Crippen LogP contribution in [0.3, 0.4) is 0 Å². The molecule has 0 atom stereocenters. The number of fused-ring (bicyclic) bond motifs is 6. The fourth-order valence-corrected chi connectivity index (χ4v) is 13.9. The van der Waals surface area contributed by atoms with Gasteiger partial charge in [-0.2, -0.15) is 0 Å². The molecule has 0 unspecified atom stereocenters. The molecule has 0 N–H and O–H groups in total. The topological polar surface area (TPSA) is 35.6 Å². The van der Waals surface area contributed by atoms with Crippen molar-refractivity contribution in [3.63, 3.8) is 0 Å². The molecule has 0 aliphatic rings. The molecule has 4 nitrogen and oxygen atoms in total. The Morgan fingerprint density at radius 2 is 0.590 bits per heavy atom. The van der Waals surface area contributed by atoms with E-state index in [9.17, 15) is 0 Å². The van der Waals surface area contributed by atoms with Gasteiger partial charge >= 0.3 is 0 Å². The molecule has 0 aliphatic heterocycles. The second-order valence-electron chi connectivity index (χ2n) is 19.6. The first-order valence-corrected chi connectivity index (χ1v) is 27.9. The van der Waals surface area contributed by atoms with Gasteiger partial charge < -0.3 is 0 Å². The summed E-state index contributed by atoms with van der Waals surface area (Å²) in [5.74, 6) is 1.66. The molecule has 0 bridgehead atoms. The second kappa shape index (κ2) is 19.1. The summed E-state index contributed by atoms with van der Waals surface area (Å²) in [6.45, 7) is 0. The van der Waals surface area contributed by atoms with Gasteiger partial charge in [0.25, 0.3) is 0 Å². The van der Waals surface area contributed by atoms with E-state index in [1.165, 1.54) is 51.5 Å². The largest absolute Gasteiger partial charge is 0.292 e. The van der Waals surface area contributed by atoms with Crippen molar-refractivity contribution >= 4 is 63.0 Å². The van der Waals surface area contributed by atoms with Gasteiger partial charge in [0.15, 0.2) is 0 Å². The Hall–Kier alpha value is -9.72. The molecule has 0 amide bonds. The number of benzene rings is 11. The van der Waals surface area contributed by atoms with E-state index in [4.69, 9.17) is 9.97 Å². The Kier molecular flexibility index (Phi) is 11.2. The van der Waals surface area contributed by atoms with Gasteiger partial charge in [0, 0.05) is 85.1 Å². The smallest absolute Gasteiger partial charge is 0.145 e. The third-order valence-corrected chi connectivity index (χ3v) is 17.4. The van der Waals surface area contributed by atoms with Crippen LogP contribution in [-0.4, -0.2) is 19.1 Å². The van der Waals surface area contributed by atoms with E-state index in [0.717, 1.165) is 90.3 Å². The first kappa shape index (κ1) is 45.7. The Labute approximate surface area is 459 Å². The van der Waals surface area contributed by atoms with Crippen LogP contribution in [0.1, 0.15) is 0 Å². The van der Waals surface area contributed by atoms with Crippen LogP contribution in [0.15, 0.2) is 279 Å². The summed E-state index contributed by atoms with van der Waals surface area (Å²) in [7, 11) is 0. The van der Waals surface area contributed by atoms with E-state index in [1.807, 2.05) is 22.7 Å². The van der Waals surface area contributed by atoms with Crippen LogP contribution in [0.4, 0.5) is 0 Å². The maximum Gasteiger partial charge on any atom is 0.145 e. The van der Waals surface area contributed by atoms with E-state index in [-0.39, 0.29) is 0 Å². The lowest BCUT2D eigenvalue weighted by Gasteiger charge is -2.17. The maximum absolute atomic E-state index is 5.74. The molecule has 15 aromatic rings. The third-order valence-electron chi connectivity index (χ3n) is 15.0. The molecule has 0 saturated heterocycles. The molecule has 4 aromatic heterocycles. The lowest BCUT2D eigenvalue weighted by Crippen LogP contribution is -2.02. The van der Waals surface area contributed by atoms with Crippen molar-refractivity contribution in [2.45, 2.75) is 0 Å². The third kappa shape index (κ3) is 7.80. The summed E-state index contributed by atoms with van der Waals surface area (Å²) in [5.41, 5.74) is 16.8. The molecule has 366 valence electrons. The average molecular weight is 1030 g/mol. The first-order chi connectivity index (χ1) is 38.7. The van der Waals surface area contributed by atoms with Crippen molar-refractivity contribution in [1.29, 1.82) is 0 Å². The standard InChI is InChI=1S/C72H46N4S2/c1-5-22-47(23-6-1)65-67(49-26-9-3-10-27-49)75(55-34-18-30-51(45-55)57-38-20-40-61-59-36-13-15-42-63(59)77-69(57)61)71(73-65)53-32-17-33-54(44-53)72-74-66(48-24-7-2-8-25-48)68(50-28-11-4-12-29-50)76(72)56-35-19-31-52(46-56)58-39-21-41-62-60-37-14-16-43-64(60)78-70(58)62/h1-46H. The Morgan fingerprint density at radius 1 is 0.256 bits per heavy atom. The number of thiophene rings is 2. The zero-order valence-corrected chi connectivity index (χ0v) is 43.8. The number of nitrogens with zero attached hydrogens (tertiary/aromatic N) is 4. The molecule has 78 heavy (non-hydrogen) atoms. The van der Waals surface area contributed by atoms with E-state index >= 15 is 0 Å². The fourth-order valence-electron chi connectivity index (χ4n) is 11.4. The summed E-state index contributed by atoms with van der Waals surface area (Å²) in [5, 5.41) is 5.13. The van der Waals surface area contributed by atoms with Crippen LogP contribution in [-0.2, 0) is 0 Å². The van der Waals surface area contributed by atoms with Crippen LogP contribution in [0.2, 0.25) is 0 Å². The normalized spacial score (nSPS) is 11.6. The first-order valence-electron chi connectivity index (χ1n) is 26.3. The molecule has 0 aliphatic carbocycles. The van der Waals surface area contributed by atoms with E-state index in [1.54, 1.807) is 0 Å². The number of hydrogen-bond donors (Lipinski definition) is 0. The highest BCUT2D eigenvalue weighted by Crippen LogP contribution is 2.46. The summed E-state index contributed by atoms with van der Waals surface area (Å²) in [6.07, 6.45) is 0. The van der Waals surface area contributed by atoms with Crippen molar-refractivity contribution in [2.24, 2.45) is 0 Å². The van der Waals surface area contributed by atoms with Crippen molar-refractivity contribution in [1.82, 2.24) is 19.1 Å². The Balaban J connectivity index is 0.966. The molecule has 15 rings (SSSR count). The minimum atomic E-state index is 0.829. The molecule has 0 fully saturated rings. The number of imidazole rings is 2. The Bertz CT molecular complexity index is 4420. The molecule has 0 spiro atoms. The lowest BCUT2D eigenvalue weighted by atomic mass is 10.0. The lowest BCUT2D eigenvalue weighted by molar-refractivity contribution is 1.07. The van der Waals surface area contributed by atoms with Crippen molar-refractivity contribution < 1.29 is 0 Å². The van der Waals surface area contributed by atoms with Gasteiger partial charge in [-0.25, -0.2) is 9.97 Å². The predicted molar refractivity (Wildman–Crippen MR) is 330 cm³/mol. The fraction of sp³-hybridized carbons (Fsp3) is 0. The number of hydrogen-bond acceptors (Lipinski definition) is 4. The second-order valence-corrected chi connectivity index (χ2v) is 21.7. The molecule has 6 heteroatoms. The summed E-state index contributed by atoms with van der Waals surface area (Å²) < 4.78 is 9.89. The Morgan fingerprint density at radius 3 is 1.03 bits per heavy atom. The SMILES string of the molecule is c1ccc(-c2nc(-c3cccc(-c4nc(-c5ccccc5)c(-c5ccccc5)n4-c4cccc(-c5cccc6c5sc5ccccc56)c4)c3)n(-c3cccc(-c4cccc5c4sc4ccccc45)c3)c2-c2ccccc2)cc1. The average Bonchev–Trinajstić information content (AvgIpc) is 4.47. The molecule has 0 saturated carbocycles. The van der Waals surface area contributed by atoms with Gasteiger partial charge in [-0.05, 0) is 64.7 Å². The van der Waals surface area contributed by atoms with Crippen molar-refractivity contribution in [2.75, 3.05) is 0 Å². The molecule has 0 radical (unpaired) electrons. The highest BCUT2D eigenvalue weighted by atomic mass is 32.1. The van der Waals surface area contributed by atoms with Gasteiger partial charge in [0.05, 0.1) is 22.8 Å². The molecular weight excluding hydrogens is 985 g/mol. The van der Waals surface area contributed by atoms with E-state index < -0.39 is 0 Å². The van der Waals surface area contributed by atoms with Gasteiger partial charge in [-0.3, -0.25) is 9.13 Å². The van der Waals surface area contributed by atoms with Crippen LogP contribution in [0.25, 0.3) is 142 Å². The predicted octanol–water partition coefficient (Wildman–Crippen LogP) is 20.1. The van der Waals surface area contributed by atoms with Gasteiger partial charge in [-0.1, -0.05) is 237 Å². The van der Waals surface area contributed by atoms with Crippen molar-refractivity contribution in [3.05, 3.63) is 279 Å². The minimum absolute atomic E-state index is 0.829. The molecule has 4 heterocycles. The maximum atomic E-state index is 5.74. The summed E-state index contributed by atoms with van der Waals surface area (Å²) in [6, 6.07) is 100. The van der Waals surface area contributed by atoms with Crippen LogP contribution in [0.5, 0.6) is 0 Å². The number of aromatic nitrogens is 4. The van der Waals surface area contributed by atoms with Gasteiger partial charge in [0.2, 0.25) is 0 Å². The van der Waals surface area contributed by atoms with Crippen molar-refractivity contribution in [3.8, 4) is 101 Å². The highest BCUT2D eigenvalue weighted by Gasteiger charge is 2.27. The monoisotopic (exact) mass is 1030 g/mol. The molecular formula is C72H46N4S2. The van der Waals surface area contributed by atoms with E-state index in [2.05, 4.69) is 288 Å². The zero-order chi connectivity index (χ0) is 51.5. The zero-order valence-electron chi connectivity index (χ0n) is 42.2. The van der Waals surface area contributed by atoms with Crippen LogP contribution < -0.4 is 0 Å². The van der Waals surface area contributed by atoms with E-state index in [0.29, 0.717) is 0 Å².